The summed E-state index contributed by atoms with van der Waals surface area (Å²) in [6, 6.07) is 5.99. The van der Waals surface area contributed by atoms with Crippen molar-refractivity contribution in [3.05, 3.63) is 29.3 Å². The van der Waals surface area contributed by atoms with Crippen LogP contribution >= 0.6 is 0 Å². The highest BCUT2D eigenvalue weighted by Gasteiger charge is 2.58. The quantitative estimate of drug-likeness (QED) is 0.853. The van der Waals surface area contributed by atoms with Crippen LogP contribution in [0.15, 0.2) is 18.2 Å². The van der Waals surface area contributed by atoms with Crippen LogP contribution in [0, 0.1) is 11.3 Å². The maximum absolute atomic E-state index is 13.6. The van der Waals surface area contributed by atoms with Crippen molar-refractivity contribution in [3.8, 4) is 5.75 Å². The van der Waals surface area contributed by atoms with Gasteiger partial charge in [0.2, 0.25) is 5.91 Å². The zero-order valence-electron chi connectivity index (χ0n) is 16.7. The molecule has 152 valence electrons. The Morgan fingerprint density at radius 1 is 1.32 bits per heavy atom. The van der Waals surface area contributed by atoms with Crippen LogP contribution in [0.25, 0.3) is 0 Å². The highest BCUT2D eigenvalue weighted by atomic mass is 16.5. The van der Waals surface area contributed by atoms with Gasteiger partial charge in [-0.3, -0.25) is 4.79 Å². The standard InChI is InChI=1S/C21H29N3O4/c1-3-7-22-20(26)24-11-17-12-28-14-21(17,13-24)19(25)23-8-6-15-9-18(27-2)5-4-16(15)10-23/h4-5,9,17H,3,6-8,10-14H2,1-2H3,(H,22,26)/t17-,21-/m1/s1. The monoisotopic (exact) mass is 387 g/mol. The van der Waals surface area contributed by atoms with Gasteiger partial charge in [-0.1, -0.05) is 13.0 Å². The summed E-state index contributed by atoms with van der Waals surface area (Å²) in [5.41, 5.74) is 1.81. The van der Waals surface area contributed by atoms with E-state index in [2.05, 4.69) is 11.4 Å². The molecule has 3 amide bonds. The molecule has 28 heavy (non-hydrogen) atoms. The van der Waals surface area contributed by atoms with Crippen LogP contribution in [-0.4, -0.2) is 68.2 Å². The number of nitrogens with zero attached hydrogens (tertiary/aromatic N) is 2. The molecule has 0 radical (unpaired) electrons. The van der Waals surface area contributed by atoms with Gasteiger partial charge < -0.3 is 24.6 Å². The second kappa shape index (κ2) is 7.62. The third-order valence-electron chi connectivity index (χ3n) is 6.33. The van der Waals surface area contributed by atoms with E-state index in [-0.39, 0.29) is 17.9 Å². The summed E-state index contributed by atoms with van der Waals surface area (Å²) < 4.78 is 11.0. The van der Waals surface area contributed by atoms with E-state index in [9.17, 15) is 9.59 Å². The number of fused-ring (bicyclic) bond motifs is 2. The molecule has 1 aromatic carbocycles. The zero-order valence-corrected chi connectivity index (χ0v) is 16.7. The number of carbonyl (C=O) groups excluding carboxylic acids is 2. The number of amides is 3. The van der Waals surface area contributed by atoms with Crippen LogP contribution in [-0.2, 0) is 22.5 Å². The molecule has 7 nitrogen and oxygen atoms in total. The summed E-state index contributed by atoms with van der Waals surface area (Å²) in [6.45, 7) is 5.96. The van der Waals surface area contributed by atoms with Gasteiger partial charge in [0.15, 0.2) is 0 Å². The van der Waals surface area contributed by atoms with Crippen LogP contribution in [0.2, 0.25) is 0 Å². The lowest BCUT2D eigenvalue weighted by Gasteiger charge is -2.36. The number of hydrogen-bond donors (Lipinski definition) is 1. The van der Waals surface area contributed by atoms with E-state index < -0.39 is 5.41 Å². The van der Waals surface area contributed by atoms with E-state index in [0.717, 1.165) is 18.6 Å². The van der Waals surface area contributed by atoms with Gasteiger partial charge in [-0.05, 0) is 36.1 Å². The van der Waals surface area contributed by atoms with Gasteiger partial charge in [0, 0.05) is 38.6 Å². The molecular formula is C21H29N3O4. The van der Waals surface area contributed by atoms with E-state index in [1.165, 1.54) is 11.1 Å². The predicted octanol–water partition coefficient (Wildman–Crippen LogP) is 1.65. The highest BCUT2D eigenvalue weighted by molar-refractivity contribution is 5.86. The van der Waals surface area contributed by atoms with Crippen molar-refractivity contribution >= 4 is 11.9 Å². The lowest BCUT2D eigenvalue weighted by Crippen LogP contribution is -2.51. The van der Waals surface area contributed by atoms with Gasteiger partial charge in [-0.25, -0.2) is 4.79 Å². The molecule has 2 fully saturated rings. The van der Waals surface area contributed by atoms with E-state index in [4.69, 9.17) is 9.47 Å². The first-order valence-electron chi connectivity index (χ1n) is 10.1. The van der Waals surface area contributed by atoms with E-state index in [0.29, 0.717) is 45.9 Å². The van der Waals surface area contributed by atoms with Crippen molar-refractivity contribution in [1.82, 2.24) is 15.1 Å². The van der Waals surface area contributed by atoms with E-state index >= 15 is 0 Å². The van der Waals surface area contributed by atoms with Crippen molar-refractivity contribution < 1.29 is 19.1 Å². The van der Waals surface area contributed by atoms with Gasteiger partial charge in [-0.2, -0.15) is 0 Å². The maximum atomic E-state index is 13.6. The molecule has 0 aliphatic carbocycles. The van der Waals surface area contributed by atoms with Gasteiger partial charge in [-0.15, -0.1) is 0 Å². The lowest BCUT2D eigenvalue weighted by molar-refractivity contribution is -0.143. The number of hydrogen-bond acceptors (Lipinski definition) is 4. The molecule has 0 unspecified atom stereocenters. The van der Waals surface area contributed by atoms with Crippen molar-refractivity contribution in [3.63, 3.8) is 0 Å². The average Bonchev–Trinajstić information content (AvgIpc) is 3.29. The van der Waals surface area contributed by atoms with Crippen LogP contribution < -0.4 is 10.1 Å². The van der Waals surface area contributed by atoms with Gasteiger partial charge in [0.1, 0.15) is 5.75 Å². The van der Waals surface area contributed by atoms with Gasteiger partial charge in [0.25, 0.3) is 0 Å². The fourth-order valence-electron chi connectivity index (χ4n) is 4.68. The summed E-state index contributed by atoms with van der Waals surface area (Å²) in [6.07, 6.45) is 1.72. The van der Waals surface area contributed by atoms with Crippen LogP contribution in [0.5, 0.6) is 5.75 Å². The third kappa shape index (κ3) is 3.21. The molecule has 3 heterocycles. The molecule has 3 aliphatic heterocycles. The van der Waals surface area contributed by atoms with Crippen molar-refractivity contribution in [2.24, 2.45) is 11.3 Å². The van der Waals surface area contributed by atoms with Gasteiger partial charge in [0.05, 0.1) is 25.7 Å². The number of urea groups is 1. The Morgan fingerprint density at radius 3 is 2.96 bits per heavy atom. The smallest absolute Gasteiger partial charge is 0.317 e. The van der Waals surface area contributed by atoms with Crippen LogP contribution in [0.3, 0.4) is 0 Å². The fourth-order valence-corrected chi connectivity index (χ4v) is 4.68. The summed E-state index contributed by atoms with van der Waals surface area (Å²) in [5.74, 6) is 1.05. The normalized spacial score (nSPS) is 26.0. The Kier molecular flexibility index (Phi) is 5.19. The number of ether oxygens (including phenoxy) is 2. The largest absolute Gasteiger partial charge is 0.497 e. The number of methoxy groups -OCH3 is 1. The third-order valence-corrected chi connectivity index (χ3v) is 6.33. The first-order chi connectivity index (χ1) is 13.6. The van der Waals surface area contributed by atoms with Crippen molar-refractivity contribution in [1.29, 1.82) is 0 Å². The molecule has 3 aliphatic rings. The number of rotatable bonds is 4. The molecule has 0 spiro atoms. The molecule has 1 aromatic rings. The molecule has 1 N–H and O–H groups in total. The summed E-state index contributed by atoms with van der Waals surface area (Å²) in [4.78, 5) is 29.8. The first kappa shape index (κ1) is 19.1. The Hall–Kier alpha value is -2.28. The molecular weight excluding hydrogens is 358 g/mol. The fraction of sp³-hybridized carbons (Fsp3) is 0.619. The molecule has 0 bridgehead atoms. The Bertz CT molecular complexity index is 768. The summed E-state index contributed by atoms with van der Waals surface area (Å²) >= 11 is 0. The van der Waals surface area contributed by atoms with Crippen molar-refractivity contribution in [2.45, 2.75) is 26.3 Å². The number of benzene rings is 1. The average molecular weight is 387 g/mol. The minimum absolute atomic E-state index is 0.0699. The minimum Gasteiger partial charge on any atom is -0.497 e. The molecule has 0 saturated carbocycles. The molecule has 7 heteroatoms. The first-order valence-corrected chi connectivity index (χ1v) is 10.1. The van der Waals surface area contributed by atoms with Crippen molar-refractivity contribution in [2.75, 3.05) is 46.5 Å². The zero-order chi connectivity index (χ0) is 19.7. The Morgan fingerprint density at radius 2 is 2.18 bits per heavy atom. The van der Waals surface area contributed by atoms with Crippen LogP contribution in [0.1, 0.15) is 24.5 Å². The molecule has 2 saturated heterocycles. The number of nitrogens with one attached hydrogen (secondary N) is 1. The van der Waals surface area contributed by atoms with Crippen LogP contribution in [0.4, 0.5) is 4.79 Å². The highest BCUT2D eigenvalue weighted by Crippen LogP contribution is 2.43. The second-order valence-corrected chi connectivity index (χ2v) is 8.09. The summed E-state index contributed by atoms with van der Waals surface area (Å²) in [5, 5.41) is 2.93. The Balaban J connectivity index is 1.49. The van der Waals surface area contributed by atoms with E-state index in [1.54, 1.807) is 12.0 Å². The molecule has 2 atom stereocenters. The molecule has 0 aromatic heterocycles. The topological polar surface area (TPSA) is 71.1 Å². The second-order valence-electron chi connectivity index (χ2n) is 8.09. The predicted molar refractivity (Wildman–Crippen MR) is 104 cm³/mol. The summed E-state index contributed by atoms with van der Waals surface area (Å²) in [7, 11) is 1.67. The number of likely N-dealkylation sites (tertiary alicyclic amines) is 1. The Labute approximate surface area is 166 Å². The SMILES string of the molecule is CCCNC(=O)N1C[C@@H]2COC[C@]2(C(=O)N2CCc3cc(OC)ccc3C2)C1. The molecule has 4 rings (SSSR count). The minimum atomic E-state index is -0.604. The lowest BCUT2D eigenvalue weighted by atomic mass is 9.79. The van der Waals surface area contributed by atoms with E-state index in [1.807, 2.05) is 24.0 Å². The number of carbonyl (C=O) groups is 2. The maximum Gasteiger partial charge on any atom is 0.317 e. The van der Waals surface area contributed by atoms with Gasteiger partial charge >= 0.3 is 6.03 Å².